The van der Waals surface area contributed by atoms with Crippen LogP contribution in [-0.4, -0.2) is 20.9 Å². The Morgan fingerprint density at radius 2 is 1.70 bits per heavy atom. The molecule has 0 saturated carbocycles. The Balaban J connectivity index is 2.05. The number of carbonyl (C=O) groups excluding carboxylic acids is 1. The van der Waals surface area contributed by atoms with Crippen LogP contribution in [0.15, 0.2) is 59.5 Å². The molecule has 0 spiro atoms. The molecule has 0 bridgehead atoms. The van der Waals surface area contributed by atoms with Crippen molar-refractivity contribution in [3.8, 4) is 0 Å². The van der Waals surface area contributed by atoms with Gasteiger partial charge in [-0.25, -0.2) is 17.5 Å². The molecule has 2 aromatic rings. The zero-order chi connectivity index (χ0) is 16.9. The molecule has 5 nitrogen and oxygen atoms in total. The fourth-order valence-electron chi connectivity index (χ4n) is 2.07. The van der Waals surface area contributed by atoms with E-state index in [0.29, 0.717) is 5.56 Å². The molecule has 0 aliphatic carbocycles. The number of hydrogen-bond donors (Lipinski definition) is 2. The lowest BCUT2D eigenvalue weighted by Gasteiger charge is -2.14. The van der Waals surface area contributed by atoms with Gasteiger partial charge in [0, 0.05) is 6.54 Å². The van der Waals surface area contributed by atoms with E-state index in [4.69, 9.17) is 5.73 Å². The maximum atomic E-state index is 12.9. The maximum Gasteiger partial charge on any atom is 0.240 e. The molecule has 0 aromatic heterocycles. The van der Waals surface area contributed by atoms with Crippen molar-refractivity contribution < 1.29 is 17.6 Å². The Hall–Kier alpha value is -2.25. The van der Waals surface area contributed by atoms with Gasteiger partial charge in [-0.2, -0.15) is 0 Å². The van der Waals surface area contributed by atoms with Crippen LogP contribution in [0.3, 0.4) is 0 Å². The van der Waals surface area contributed by atoms with Gasteiger partial charge in [0.15, 0.2) is 0 Å². The second-order valence-corrected chi connectivity index (χ2v) is 6.86. The van der Waals surface area contributed by atoms with Crippen molar-refractivity contribution in [1.29, 1.82) is 0 Å². The zero-order valence-electron chi connectivity index (χ0n) is 12.3. The molecule has 7 heteroatoms. The maximum absolute atomic E-state index is 12.9. The molecule has 3 N–H and O–H groups in total. The summed E-state index contributed by atoms with van der Waals surface area (Å²) in [5.41, 5.74) is 6.04. The fourth-order valence-corrected chi connectivity index (χ4v) is 3.17. The average Bonchev–Trinajstić information content (AvgIpc) is 2.54. The van der Waals surface area contributed by atoms with E-state index in [9.17, 15) is 17.6 Å². The van der Waals surface area contributed by atoms with Gasteiger partial charge in [0.25, 0.3) is 0 Å². The SMILES string of the molecule is NC(=O)C(CNS(=O)(=O)c1ccccc1)Cc1ccc(F)cc1. The number of halogens is 1. The molecular formula is C16H17FN2O3S. The fraction of sp³-hybridized carbons (Fsp3) is 0.188. The van der Waals surface area contributed by atoms with Crippen LogP contribution in [0.4, 0.5) is 4.39 Å². The topological polar surface area (TPSA) is 89.3 Å². The van der Waals surface area contributed by atoms with Crippen LogP contribution >= 0.6 is 0 Å². The summed E-state index contributed by atoms with van der Waals surface area (Å²) >= 11 is 0. The molecule has 0 aliphatic heterocycles. The van der Waals surface area contributed by atoms with Crippen molar-refractivity contribution >= 4 is 15.9 Å². The van der Waals surface area contributed by atoms with E-state index in [2.05, 4.69) is 4.72 Å². The average molecular weight is 336 g/mol. The van der Waals surface area contributed by atoms with Gasteiger partial charge in [0.05, 0.1) is 10.8 Å². The van der Waals surface area contributed by atoms with Gasteiger partial charge in [-0.15, -0.1) is 0 Å². The Bertz CT molecular complexity index is 762. The van der Waals surface area contributed by atoms with Crippen LogP contribution in [-0.2, 0) is 21.2 Å². The van der Waals surface area contributed by atoms with Crippen molar-refractivity contribution in [2.45, 2.75) is 11.3 Å². The van der Waals surface area contributed by atoms with E-state index in [1.165, 1.54) is 36.4 Å². The first kappa shape index (κ1) is 17.1. The molecule has 1 amide bonds. The Morgan fingerprint density at radius 1 is 1.09 bits per heavy atom. The Labute approximate surface area is 134 Å². The number of amides is 1. The number of carbonyl (C=O) groups is 1. The van der Waals surface area contributed by atoms with Crippen LogP contribution < -0.4 is 10.5 Å². The Morgan fingerprint density at radius 3 is 2.26 bits per heavy atom. The molecule has 0 fully saturated rings. The lowest BCUT2D eigenvalue weighted by molar-refractivity contribution is -0.121. The minimum atomic E-state index is -3.71. The van der Waals surface area contributed by atoms with E-state index in [0.717, 1.165) is 0 Å². The molecule has 0 heterocycles. The predicted molar refractivity (Wildman–Crippen MR) is 84.4 cm³/mol. The summed E-state index contributed by atoms with van der Waals surface area (Å²) in [6.45, 7) is -0.121. The number of primary amides is 1. The molecule has 23 heavy (non-hydrogen) atoms. The summed E-state index contributed by atoms with van der Waals surface area (Å²) in [5.74, 6) is -1.72. The van der Waals surface area contributed by atoms with Crippen LogP contribution in [0.5, 0.6) is 0 Å². The zero-order valence-corrected chi connectivity index (χ0v) is 13.1. The number of benzene rings is 2. The van der Waals surface area contributed by atoms with Gasteiger partial charge in [0.2, 0.25) is 15.9 Å². The van der Waals surface area contributed by atoms with Crippen LogP contribution in [0.1, 0.15) is 5.56 Å². The van der Waals surface area contributed by atoms with Gasteiger partial charge < -0.3 is 5.73 Å². The number of rotatable bonds is 7. The van der Waals surface area contributed by atoms with Gasteiger partial charge in [-0.3, -0.25) is 4.79 Å². The highest BCUT2D eigenvalue weighted by molar-refractivity contribution is 7.89. The lowest BCUT2D eigenvalue weighted by atomic mass is 9.99. The van der Waals surface area contributed by atoms with Gasteiger partial charge in [0.1, 0.15) is 5.82 Å². The second-order valence-electron chi connectivity index (χ2n) is 5.09. The van der Waals surface area contributed by atoms with Crippen molar-refractivity contribution in [1.82, 2.24) is 4.72 Å². The molecule has 2 aromatic carbocycles. The quantitative estimate of drug-likeness (QED) is 0.802. The van der Waals surface area contributed by atoms with Gasteiger partial charge in [-0.05, 0) is 36.2 Å². The summed E-state index contributed by atoms with van der Waals surface area (Å²) < 4.78 is 39.6. The van der Waals surface area contributed by atoms with Gasteiger partial charge in [-0.1, -0.05) is 30.3 Å². The summed E-state index contributed by atoms with van der Waals surface area (Å²) in [6.07, 6.45) is 0.229. The normalized spacial score (nSPS) is 12.7. The molecule has 1 atom stereocenters. The summed E-state index contributed by atoms with van der Waals surface area (Å²) in [4.78, 5) is 11.7. The smallest absolute Gasteiger partial charge is 0.240 e. The van der Waals surface area contributed by atoms with Crippen molar-refractivity contribution in [2.24, 2.45) is 11.7 Å². The third-order valence-electron chi connectivity index (χ3n) is 3.37. The number of hydrogen-bond acceptors (Lipinski definition) is 3. The van der Waals surface area contributed by atoms with Crippen LogP contribution in [0.25, 0.3) is 0 Å². The van der Waals surface area contributed by atoms with E-state index in [1.54, 1.807) is 18.2 Å². The van der Waals surface area contributed by atoms with Crippen LogP contribution in [0.2, 0.25) is 0 Å². The molecule has 0 aliphatic rings. The van der Waals surface area contributed by atoms with Crippen LogP contribution in [0, 0.1) is 11.7 Å². The third-order valence-corrected chi connectivity index (χ3v) is 4.81. The monoisotopic (exact) mass is 336 g/mol. The summed E-state index contributed by atoms with van der Waals surface area (Å²) in [5, 5.41) is 0. The summed E-state index contributed by atoms with van der Waals surface area (Å²) in [7, 11) is -3.71. The number of nitrogens with two attached hydrogens (primary N) is 1. The predicted octanol–water partition coefficient (Wildman–Crippen LogP) is 1.45. The van der Waals surface area contributed by atoms with E-state index < -0.39 is 21.8 Å². The second kappa shape index (κ2) is 7.34. The lowest BCUT2D eigenvalue weighted by Crippen LogP contribution is -2.37. The molecule has 1 unspecified atom stereocenters. The number of nitrogens with one attached hydrogen (secondary N) is 1. The van der Waals surface area contributed by atoms with Crippen molar-refractivity contribution in [2.75, 3.05) is 6.54 Å². The van der Waals surface area contributed by atoms with E-state index >= 15 is 0 Å². The Kier molecular flexibility index (Phi) is 5.46. The third kappa shape index (κ3) is 4.87. The first-order valence-corrected chi connectivity index (χ1v) is 8.45. The van der Waals surface area contributed by atoms with E-state index in [1.807, 2.05) is 0 Å². The van der Waals surface area contributed by atoms with Crippen molar-refractivity contribution in [3.63, 3.8) is 0 Å². The molecule has 0 saturated heterocycles. The molecule has 2 rings (SSSR count). The first-order valence-electron chi connectivity index (χ1n) is 6.97. The standard InChI is InChI=1S/C16H17FN2O3S/c17-14-8-6-12(7-9-14)10-13(16(18)20)11-19-23(21,22)15-4-2-1-3-5-15/h1-9,13,19H,10-11H2,(H2,18,20). The summed E-state index contributed by atoms with van der Waals surface area (Å²) in [6, 6.07) is 13.5. The van der Waals surface area contributed by atoms with Crippen molar-refractivity contribution in [3.05, 3.63) is 66.0 Å². The minimum absolute atomic E-state index is 0.116. The largest absolute Gasteiger partial charge is 0.369 e. The molecular weight excluding hydrogens is 319 g/mol. The highest BCUT2D eigenvalue weighted by Gasteiger charge is 2.20. The molecule has 122 valence electrons. The highest BCUT2D eigenvalue weighted by Crippen LogP contribution is 2.12. The molecule has 0 radical (unpaired) electrons. The minimum Gasteiger partial charge on any atom is -0.369 e. The van der Waals surface area contributed by atoms with Gasteiger partial charge >= 0.3 is 0 Å². The number of sulfonamides is 1. The first-order chi connectivity index (χ1) is 10.9. The highest BCUT2D eigenvalue weighted by atomic mass is 32.2. The van der Waals surface area contributed by atoms with E-state index in [-0.39, 0.29) is 23.7 Å².